The summed E-state index contributed by atoms with van der Waals surface area (Å²) in [6.07, 6.45) is 4.47. The highest BCUT2D eigenvalue weighted by molar-refractivity contribution is 5.11. The molecule has 1 fully saturated rings. The third kappa shape index (κ3) is 3.48. The lowest BCUT2D eigenvalue weighted by Gasteiger charge is -2.23. The molecule has 0 saturated heterocycles. The molecular weight excluding hydrogens is 186 g/mol. The lowest BCUT2D eigenvalue weighted by Crippen LogP contribution is -2.44. The summed E-state index contributed by atoms with van der Waals surface area (Å²) in [5, 5.41) is 12.7. The van der Waals surface area contributed by atoms with Crippen LogP contribution in [0.25, 0.3) is 0 Å². The number of nitrogens with one attached hydrogen (secondary N) is 1. The van der Waals surface area contributed by atoms with Crippen molar-refractivity contribution in [2.75, 3.05) is 27.2 Å². The molecule has 0 heterocycles. The summed E-state index contributed by atoms with van der Waals surface area (Å²) < 4.78 is 0. The van der Waals surface area contributed by atoms with E-state index in [1.54, 1.807) is 0 Å². The Morgan fingerprint density at radius 2 is 2.27 bits per heavy atom. The van der Waals surface area contributed by atoms with Gasteiger partial charge in [-0.05, 0) is 39.3 Å². The molecule has 0 bridgehead atoms. The van der Waals surface area contributed by atoms with Gasteiger partial charge < -0.3 is 4.90 Å². The highest BCUT2D eigenvalue weighted by atomic mass is 15.1. The smallest absolute Gasteiger partial charge is 0.107 e. The molecule has 1 aliphatic rings. The topological polar surface area (TPSA) is 39.1 Å². The van der Waals surface area contributed by atoms with Crippen LogP contribution in [0.5, 0.6) is 0 Å². The summed E-state index contributed by atoms with van der Waals surface area (Å²) in [5.41, 5.74) is -0.226. The van der Waals surface area contributed by atoms with Crippen molar-refractivity contribution in [3.8, 4) is 6.07 Å². The van der Waals surface area contributed by atoms with Crippen molar-refractivity contribution in [2.45, 2.75) is 38.1 Å². The molecule has 1 aliphatic carbocycles. The van der Waals surface area contributed by atoms with E-state index in [9.17, 15) is 5.26 Å². The zero-order valence-corrected chi connectivity index (χ0v) is 10.2. The Labute approximate surface area is 93.5 Å². The number of likely N-dealkylation sites (N-methyl/N-ethyl adjacent to an activating group) is 1. The van der Waals surface area contributed by atoms with Gasteiger partial charge in [-0.25, -0.2) is 0 Å². The minimum Gasteiger partial charge on any atom is -0.308 e. The molecule has 2 atom stereocenters. The summed E-state index contributed by atoms with van der Waals surface area (Å²) in [4.78, 5) is 2.14. The molecule has 2 unspecified atom stereocenters. The van der Waals surface area contributed by atoms with Crippen LogP contribution in [0.3, 0.4) is 0 Å². The lowest BCUT2D eigenvalue weighted by atomic mass is 9.96. The van der Waals surface area contributed by atoms with Crippen molar-refractivity contribution >= 4 is 0 Å². The van der Waals surface area contributed by atoms with E-state index in [4.69, 9.17) is 0 Å². The van der Waals surface area contributed by atoms with Crippen molar-refractivity contribution in [2.24, 2.45) is 5.92 Å². The van der Waals surface area contributed by atoms with Gasteiger partial charge in [0.15, 0.2) is 0 Å². The van der Waals surface area contributed by atoms with Gasteiger partial charge in [0, 0.05) is 13.1 Å². The van der Waals surface area contributed by atoms with Gasteiger partial charge in [0.25, 0.3) is 0 Å². The SMILES string of the molecule is CCC1CCC(C#N)(NCCN(C)C)C1. The highest BCUT2D eigenvalue weighted by Crippen LogP contribution is 2.35. The lowest BCUT2D eigenvalue weighted by molar-refractivity contribution is 0.347. The molecule has 0 aromatic carbocycles. The van der Waals surface area contributed by atoms with Crippen LogP contribution >= 0.6 is 0 Å². The number of rotatable bonds is 5. The van der Waals surface area contributed by atoms with Crippen molar-refractivity contribution in [3.05, 3.63) is 0 Å². The molecule has 3 nitrogen and oxygen atoms in total. The van der Waals surface area contributed by atoms with Gasteiger partial charge in [-0.2, -0.15) is 5.26 Å². The van der Waals surface area contributed by atoms with E-state index >= 15 is 0 Å². The maximum absolute atomic E-state index is 9.27. The van der Waals surface area contributed by atoms with Crippen molar-refractivity contribution in [3.63, 3.8) is 0 Å². The molecule has 1 N–H and O–H groups in total. The van der Waals surface area contributed by atoms with E-state index in [-0.39, 0.29) is 5.54 Å². The Balaban J connectivity index is 2.39. The molecule has 0 aromatic heterocycles. The Kier molecular flexibility index (Phi) is 4.56. The third-order valence-corrected chi connectivity index (χ3v) is 3.43. The third-order valence-electron chi connectivity index (χ3n) is 3.43. The fourth-order valence-electron chi connectivity index (χ4n) is 2.32. The zero-order valence-electron chi connectivity index (χ0n) is 10.2. The Hall–Kier alpha value is -0.590. The number of nitrogens with zero attached hydrogens (tertiary/aromatic N) is 2. The first-order chi connectivity index (χ1) is 7.12. The van der Waals surface area contributed by atoms with Gasteiger partial charge in [0.1, 0.15) is 5.54 Å². The predicted molar refractivity (Wildman–Crippen MR) is 62.5 cm³/mol. The molecular formula is C12H23N3. The fourth-order valence-corrected chi connectivity index (χ4v) is 2.32. The second-order valence-corrected chi connectivity index (χ2v) is 4.94. The molecule has 0 spiro atoms. The monoisotopic (exact) mass is 209 g/mol. The van der Waals surface area contributed by atoms with Gasteiger partial charge in [-0.15, -0.1) is 0 Å². The van der Waals surface area contributed by atoms with Crippen LogP contribution in [0, 0.1) is 17.2 Å². The maximum Gasteiger partial charge on any atom is 0.107 e. The first-order valence-corrected chi connectivity index (χ1v) is 5.93. The Morgan fingerprint density at radius 3 is 2.73 bits per heavy atom. The molecule has 0 aliphatic heterocycles. The second-order valence-electron chi connectivity index (χ2n) is 4.94. The average molecular weight is 209 g/mol. The molecule has 0 amide bonds. The summed E-state index contributed by atoms with van der Waals surface area (Å²) in [6, 6.07) is 2.49. The van der Waals surface area contributed by atoms with Gasteiger partial charge in [0.2, 0.25) is 0 Å². The van der Waals surface area contributed by atoms with Crippen molar-refractivity contribution in [1.29, 1.82) is 5.26 Å². The van der Waals surface area contributed by atoms with E-state index in [0.29, 0.717) is 0 Å². The molecule has 1 rings (SSSR count). The van der Waals surface area contributed by atoms with Crippen LogP contribution in [-0.4, -0.2) is 37.6 Å². The van der Waals surface area contributed by atoms with E-state index < -0.39 is 0 Å². The molecule has 3 heteroatoms. The van der Waals surface area contributed by atoms with Gasteiger partial charge in [-0.3, -0.25) is 5.32 Å². The summed E-state index contributed by atoms with van der Waals surface area (Å²) in [7, 11) is 4.12. The zero-order chi connectivity index (χ0) is 11.3. The van der Waals surface area contributed by atoms with Crippen LogP contribution in [0.15, 0.2) is 0 Å². The molecule has 86 valence electrons. The average Bonchev–Trinajstić information content (AvgIpc) is 2.62. The summed E-state index contributed by atoms with van der Waals surface area (Å²) in [5.74, 6) is 0.747. The molecule has 0 radical (unpaired) electrons. The largest absolute Gasteiger partial charge is 0.308 e. The first-order valence-electron chi connectivity index (χ1n) is 5.93. The van der Waals surface area contributed by atoms with Crippen LogP contribution in [0.4, 0.5) is 0 Å². The first kappa shape index (κ1) is 12.5. The quantitative estimate of drug-likeness (QED) is 0.747. The molecule has 15 heavy (non-hydrogen) atoms. The van der Waals surface area contributed by atoms with Crippen LogP contribution in [0.2, 0.25) is 0 Å². The van der Waals surface area contributed by atoms with Gasteiger partial charge >= 0.3 is 0 Å². The van der Waals surface area contributed by atoms with Crippen LogP contribution < -0.4 is 5.32 Å². The predicted octanol–water partition coefficient (Wildman–Crippen LogP) is 1.61. The number of hydrogen-bond acceptors (Lipinski definition) is 3. The number of hydrogen-bond donors (Lipinski definition) is 1. The number of nitriles is 1. The van der Waals surface area contributed by atoms with Crippen molar-refractivity contribution < 1.29 is 0 Å². The minimum absolute atomic E-state index is 0.226. The van der Waals surface area contributed by atoms with Crippen LogP contribution in [0.1, 0.15) is 32.6 Å². The normalized spacial score (nSPS) is 30.7. The molecule has 1 saturated carbocycles. The Bertz CT molecular complexity index is 232. The highest BCUT2D eigenvalue weighted by Gasteiger charge is 2.37. The Morgan fingerprint density at radius 1 is 1.53 bits per heavy atom. The standard InChI is InChI=1S/C12H23N3/c1-4-11-5-6-12(9-11,10-13)14-7-8-15(2)3/h11,14H,4-9H2,1-3H3. The van der Waals surface area contributed by atoms with Gasteiger partial charge in [0.05, 0.1) is 6.07 Å². The van der Waals surface area contributed by atoms with Crippen molar-refractivity contribution in [1.82, 2.24) is 10.2 Å². The van der Waals surface area contributed by atoms with E-state index in [1.165, 1.54) is 12.8 Å². The molecule has 0 aromatic rings. The van der Waals surface area contributed by atoms with Crippen LogP contribution in [-0.2, 0) is 0 Å². The fraction of sp³-hybridized carbons (Fsp3) is 0.917. The minimum atomic E-state index is -0.226. The summed E-state index contributed by atoms with van der Waals surface area (Å²) in [6.45, 7) is 4.13. The second kappa shape index (κ2) is 5.48. The maximum atomic E-state index is 9.27. The van der Waals surface area contributed by atoms with Gasteiger partial charge in [-0.1, -0.05) is 13.3 Å². The summed E-state index contributed by atoms with van der Waals surface area (Å²) >= 11 is 0. The van der Waals surface area contributed by atoms with E-state index in [0.717, 1.165) is 31.8 Å². The van der Waals surface area contributed by atoms with E-state index in [1.807, 2.05) is 0 Å². The van der Waals surface area contributed by atoms with E-state index in [2.05, 4.69) is 37.3 Å².